The zero-order valence-corrected chi connectivity index (χ0v) is 12.5. The van der Waals surface area contributed by atoms with E-state index in [0.717, 1.165) is 16.5 Å². The highest BCUT2D eigenvalue weighted by atomic mass is 35.5. The fourth-order valence-corrected chi connectivity index (χ4v) is 2.74. The Morgan fingerprint density at radius 2 is 2.00 bits per heavy atom. The van der Waals surface area contributed by atoms with E-state index in [-0.39, 0.29) is 17.4 Å². The lowest BCUT2D eigenvalue weighted by Gasteiger charge is -2.16. The van der Waals surface area contributed by atoms with Crippen LogP contribution in [0, 0.1) is 12.7 Å². The van der Waals surface area contributed by atoms with Crippen molar-refractivity contribution in [2.45, 2.75) is 13.0 Å². The van der Waals surface area contributed by atoms with Crippen LogP contribution in [0.1, 0.15) is 22.9 Å². The van der Waals surface area contributed by atoms with Gasteiger partial charge in [-0.15, -0.1) is 0 Å². The Labute approximate surface area is 127 Å². The summed E-state index contributed by atoms with van der Waals surface area (Å²) in [6.07, 6.45) is 0. The summed E-state index contributed by atoms with van der Waals surface area (Å²) in [4.78, 5) is 0. The Morgan fingerprint density at radius 3 is 2.71 bits per heavy atom. The number of aryl methyl sites for hydroxylation is 1. The first-order chi connectivity index (χ1) is 10.1. The van der Waals surface area contributed by atoms with Gasteiger partial charge in [-0.1, -0.05) is 29.8 Å². The molecule has 21 heavy (non-hydrogen) atoms. The molecule has 0 spiro atoms. The molecule has 0 radical (unpaired) electrons. The van der Waals surface area contributed by atoms with Crippen molar-refractivity contribution in [2.75, 3.05) is 7.05 Å². The molecule has 1 heterocycles. The molecule has 0 amide bonds. The van der Waals surface area contributed by atoms with Crippen LogP contribution in [0.2, 0.25) is 5.02 Å². The van der Waals surface area contributed by atoms with Crippen LogP contribution >= 0.6 is 11.6 Å². The largest absolute Gasteiger partial charge is 0.456 e. The fourth-order valence-electron chi connectivity index (χ4n) is 2.56. The third kappa shape index (κ3) is 2.55. The van der Waals surface area contributed by atoms with Gasteiger partial charge in [0.2, 0.25) is 0 Å². The van der Waals surface area contributed by atoms with Crippen LogP contribution in [0.5, 0.6) is 0 Å². The Hall–Kier alpha value is -1.84. The minimum Gasteiger partial charge on any atom is -0.456 e. The van der Waals surface area contributed by atoms with Crippen LogP contribution < -0.4 is 5.32 Å². The maximum Gasteiger partial charge on any atom is 0.169 e. The van der Waals surface area contributed by atoms with E-state index in [1.54, 1.807) is 6.07 Å². The number of rotatable bonds is 3. The number of para-hydroxylation sites is 1. The Morgan fingerprint density at radius 1 is 1.19 bits per heavy atom. The molecule has 0 fully saturated rings. The second kappa shape index (κ2) is 5.51. The van der Waals surface area contributed by atoms with E-state index in [4.69, 9.17) is 16.0 Å². The Kier molecular flexibility index (Phi) is 3.70. The highest BCUT2D eigenvalue weighted by molar-refractivity contribution is 6.30. The summed E-state index contributed by atoms with van der Waals surface area (Å²) in [6, 6.07) is 12.3. The normalized spacial score (nSPS) is 12.8. The molecule has 0 saturated heterocycles. The van der Waals surface area contributed by atoms with Crippen molar-refractivity contribution in [2.24, 2.45) is 0 Å². The van der Waals surface area contributed by atoms with Crippen LogP contribution in [0.15, 0.2) is 46.9 Å². The van der Waals surface area contributed by atoms with Crippen molar-refractivity contribution >= 4 is 22.6 Å². The van der Waals surface area contributed by atoms with Gasteiger partial charge in [0.1, 0.15) is 5.76 Å². The molecule has 2 aromatic carbocycles. The summed E-state index contributed by atoms with van der Waals surface area (Å²) in [5.74, 6) is 0.319. The first-order valence-corrected chi connectivity index (χ1v) is 7.09. The molecule has 3 aromatic rings. The first kappa shape index (κ1) is 14.1. The number of benzene rings is 2. The second-order valence-corrected chi connectivity index (χ2v) is 5.47. The van der Waals surface area contributed by atoms with E-state index in [0.29, 0.717) is 10.8 Å². The lowest BCUT2D eigenvalue weighted by atomic mass is 9.99. The SMILES string of the molecule is CNC(c1cc2cccc(F)c2o1)c1cc(Cl)ccc1C. The summed E-state index contributed by atoms with van der Waals surface area (Å²) < 4.78 is 19.5. The van der Waals surface area contributed by atoms with Crippen molar-refractivity contribution in [1.82, 2.24) is 5.32 Å². The van der Waals surface area contributed by atoms with Crippen LogP contribution in [0.3, 0.4) is 0 Å². The average Bonchev–Trinajstić information content (AvgIpc) is 2.89. The Bertz CT molecular complexity index is 797. The van der Waals surface area contributed by atoms with E-state index in [2.05, 4.69) is 5.32 Å². The fraction of sp³-hybridized carbons (Fsp3) is 0.176. The predicted octanol–water partition coefficient (Wildman–Crippen LogP) is 4.84. The highest BCUT2D eigenvalue weighted by Crippen LogP contribution is 2.31. The van der Waals surface area contributed by atoms with E-state index in [1.165, 1.54) is 6.07 Å². The zero-order chi connectivity index (χ0) is 15.0. The second-order valence-electron chi connectivity index (χ2n) is 5.03. The molecule has 3 rings (SSSR count). The number of halogens is 2. The zero-order valence-electron chi connectivity index (χ0n) is 11.8. The van der Waals surface area contributed by atoms with Gasteiger partial charge in [0.15, 0.2) is 11.4 Å². The summed E-state index contributed by atoms with van der Waals surface area (Å²) in [6.45, 7) is 2.01. The van der Waals surface area contributed by atoms with Crippen molar-refractivity contribution < 1.29 is 8.81 Å². The number of nitrogens with one attached hydrogen (secondary N) is 1. The molecule has 1 unspecified atom stereocenters. The summed E-state index contributed by atoms with van der Waals surface area (Å²) in [5.41, 5.74) is 2.40. The minimum absolute atomic E-state index is 0.171. The lowest BCUT2D eigenvalue weighted by Crippen LogP contribution is -2.18. The van der Waals surface area contributed by atoms with E-state index < -0.39 is 0 Å². The molecule has 1 aromatic heterocycles. The third-order valence-corrected chi connectivity index (χ3v) is 3.88. The van der Waals surface area contributed by atoms with Crippen LogP contribution in [0.25, 0.3) is 11.0 Å². The molecule has 0 aliphatic carbocycles. The molecule has 0 saturated carbocycles. The number of fused-ring (bicyclic) bond motifs is 1. The highest BCUT2D eigenvalue weighted by Gasteiger charge is 2.20. The van der Waals surface area contributed by atoms with Gasteiger partial charge in [0.05, 0.1) is 6.04 Å². The molecule has 108 valence electrons. The van der Waals surface area contributed by atoms with Gasteiger partial charge in [-0.3, -0.25) is 0 Å². The summed E-state index contributed by atoms with van der Waals surface area (Å²) in [5, 5.41) is 4.63. The maximum absolute atomic E-state index is 13.8. The standard InChI is InChI=1S/C17H15ClFNO/c1-10-6-7-12(18)9-13(10)16(20-2)15-8-11-4-3-5-14(19)17(11)21-15/h3-9,16,20H,1-2H3. The van der Waals surface area contributed by atoms with Gasteiger partial charge in [-0.25, -0.2) is 4.39 Å². The smallest absolute Gasteiger partial charge is 0.169 e. The molecule has 4 heteroatoms. The quantitative estimate of drug-likeness (QED) is 0.749. The molecular formula is C17H15ClFNO. The van der Waals surface area contributed by atoms with Crippen molar-refractivity contribution in [1.29, 1.82) is 0 Å². The summed E-state index contributed by atoms with van der Waals surface area (Å²) >= 11 is 6.09. The van der Waals surface area contributed by atoms with E-state index in [1.807, 2.05) is 44.3 Å². The molecule has 0 aliphatic heterocycles. The van der Waals surface area contributed by atoms with Crippen LogP contribution in [-0.2, 0) is 0 Å². The molecule has 0 bridgehead atoms. The molecular weight excluding hydrogens is 289 g/mol. The third-order valence-electron chi connectivity index (χ3n) is 3.64. The number of hydrogen-bond donors (Lipinski definition) is 1. The molecule has 0 aliphatic rings. The van der Waals surface area contributed by atoms with Gasteiger partial charge >= 0.3 is 0 Å². The van der Waals surface area contributed by atoms with Crippen molar-refractivity contribution in [3.63, 3.8) is 0 Å². The van der Waals surface area contributed by atoms with E-state index in [9.17, 15) is 4.39 Å². The summed E-state index contributed by atoms with van der Waals surface area (Å²) in [7, 11) is 1.84. The van der Waals surface area contributed by atoms with Crippen molar-refractivity contribution in [3.8, 4) is 0 Å². The Balaban J connectivity index is 2.13. The van der Waals surface area contributed by atoms with Crippen LogP contribution in [-0.4, -0.2) is 7.05 Å². The average molecular weight is 304 g/mol. The van der Waals surface area contributed by atoms with Gasteiger partial charge < -0.3 is 9.73 Å². The monoisotopic (exact) mass is 303 g/mol. The maximum atomic E-state index is 13.8. The van der Waals surface area contributed by atoms with Gasteiger partial charge in [-0.2, -0.15) is 0 Å². The van der Waals surface area contributed by atoms with Gasteiger partial charge in [0.25, 0.3) is 0 Å². The van der Waals surface area contributed by atoms with Crippen LogP contribution in [0.4, 0.5) is 4.39 Å². The molecule has 2 nitrogen and oxygen atoms in total. The minimum atomic E-state index is -0.351. The lowest BCUT2D eigenvalue weighted by molar-refractivity contribution is 0.476. The molecule has 1 N–H and O–H groups in total. The van der Waals surface area contributed by atoms with Gasteiger partial charge in [-0.05, 0) is 49.4 Å². The predicted molar refractivity (Wildman–Crippen MR) is 83.3 cm³/mol. The first-order valence-electron chi connectivity index (χ1n) is 6.71. The topological polar surface area (TPSA) is 25.2 Å². The van der Waals surface area contributed by atoms with Gasteiger partial charge in [0, 0.05) is 10.4 Å². The van der Waals surface area contributed by atoms with Crippen molar-refractivity contribution in [3.05, 3.63) is 70.2 Å². The number of hydrogen-bond acceptors (Lipinski definition) is 2. The molecule has 1 atom stereocenters. The number of furan rings is 1. The van der Waals surface area contributed by atoms with E-state index >= 15 is 0 Å².